The highest BCUT2D eigenvalue weighted by Gasteiger charge is 2.13. The monoisotopic (exact) mass is 306 g/mol. The van der Waals surface area contributed by atoms with Crippen molar-refractivity contribution in [2.45, 2.75) is 6.42 Å². The maximum absolute atomic E-state index is 12.0. The van der Waals surface area contributed by atoms with E-state index < -0.39 is 5.69 Å². The molecule has 2 N–H and O–H groups in total. The van der Waals surface area contributed by atoms with Gasteiger partial charge in [-0.05, 0) is 0 Å². The number of nitrogens with one attached hydrogen (secondary N) is 2. The molecule has 0 bridgehead atoms. The summed E-state index contributed by atoms with van der Waals surface area (Å²) in [4.78, 5) is 35.2. The van der Waals surface area contributed by atoms with Gasteiger partial charge < -0.3 is 10.3 Å². The number of imidazole rings is 1. The Morgan fingerprint density at radius 1 is 1.33 bits per heavy atom. The van der Waals surface area contributed by atoms with E-state index in [-0.39, 0.29) is 5.56 Å². The van der Waals surface area contributed by atoms with Crippen molar-refractivity contribution in [1.29, 1.82) is 0 Å². The second-order valence-electron chi connectivity index (χ2n) is 4.65. The first-order valence-corrected chi connectivity index (χ1v) is 7.29. The SMILES string of the molecule is Cn1c(=O)c2[nH]c(NCCc3cscn3)nc2n(C)c1=O. The Kier molecular flexibility index (Phi) is 3.34. The highest BCUT2D eigenvalue weighted by molar-refractivity contribution is 7.07. The third-order valence-corrected chi connectivity index (χ3v) is 3.89. The van der Waals surface area contributed by atoms with E-state index in [1.165, 1.54) is 11.6 Å². The molecule has 0 unspecified atom stereocenters. The Morgan fingerprint density at radius 3 is 2.86 bits per heavy atom. The van der Waals surface area contributed by atoms with Crippen LogP contribution in [0.25, 0.3) is 11.2 Å². The van der Waals surface area contributed by atoms with Crippen molar-refractivity contribution in [3.05, 3.63) is 37.4 Å². The number of H-pyrrole nitrogens is 1. The molecule has 9 heteroatoms. The number of aromatic amines is 1. The Hall–Kier alpha value is -2.42. The minimum atomic E-state index is -0.395. The van der Waals surface area contributed by atoms with Gasteiger partial charge in [0.05, 0.1) is 11.2 Å². The summed E-state index contributed by atoms with van der Waals surface area (Å²) in [6, 6.07) is 0. The van der Waals surface area contributed by atoms with Gasteiger partial charge in [-0.2, -0.15) is 4.98 Å². The number of rotatable bonds is 4. The van der Waals surface area contributed by atoms with E-state index in [2.05, 4.69) is 20.3 Å². The van der Waals surface area contributed by atoms with Crippen LogP contribution in [0.3, 0.4) is 0 Å². The number of nitrogens with zero attached hydrogens (tertiary/aromatic N) is 4. The lowest BCUT2D eigenvalue weighted by atomic mass is 10.3. The Balaban J connectivity index is 1.88. The number of aromatic nitrogens is 5. The van der Waals surface area contributed by atoms with E-state index in [9.17, 15) is 9.59 Å². The third kappa shape index (κ3) is 2.35. The molecule has 3 rings (SSSR count). The van der Waals surface area contributed by atoms with E-state index in [4.69, 9.17) is 0 Å². The fraction of sp³-hybridized carbons (Fsp3) is 0.333. The van der Waals surface area contributed by atoms with Crippen molar-refractivity contribution in [2.24, 2.45) is 14.1 Å². The first-order valence-electron chi connectivity index (χ1n) is 6.34. The smallest absolute Gasteiger partial charge is 0.332 e. The summed E-state index contributed by atoms with van der Waals surface area (Å²) in [5.74, 6) is 0.471. The molecule has 3 heterocycles. The molecule has 0 aliphatic carbocycles. The molecule has 8 nitrogen and oxygen atoms in total. The molecule has 21 heavy (non-hydrogen) atoms. The van der Waals surface area contributed by atoms with Crippen molar-refractivity contribution >= 4 is 28.4 Å². The van der Waals surface area contributed by atoms with Gasteiger partial charge in [-0.3, -0.25) is 13.9 Å². The zero-order valence-electron chi connectivity index (χ0n) is 11.6. The van der Waals surface area contributed by atoms with Gasteiger partial charge in [-0.15, -0.1) is 11.3 Å². The number of hydrogen-bond acceptors (Lipinski definition) is 6. The lowest BCUT2D eigenvalue weighted by molar-refractivity contribution is 0.709. The normalized spacial score (nSPS) is 11.1. The molecular weight excluding hydrogens is 292 g/mol. The molecule has 0 aliphatic heterocycles. The summed E-state index contributed by atoms with van der Waals surface area (Å²) in [6.45, 7) is 0.637. The minimum Gasteiger partial charge on any atom is -0.355 e. The summed E-state index contributed by atoms with van der Waals surface area (Å²) in [5, 5.41) is 5.09. The lowest BCUT2D eigenvalue weighted by Crippen LogP contribution is -2.36. The highest BCUT2D eigenvalue weighted by Crippen LogP contribution is 2.08. The fourth-order valence-electron chi connectivity index (χ4n) is 2.08. The molecule has 0 radical (unpaired) electrons. The molecular formula is C12H14N6O2S. The summed E-state index contributed by atoms with van der Waals surface area (Å²) in [7, 11) is 3.03. The van der Waals surface area contributed by atoms with Gasteiger partial charge in [0.2, 0.25) is 5.95 Å². The molecule has 0 fully saturated rings. The van der Waals surface area contributed by atoms with Crippen LogP contribution in [0.1, 0.15) is 5.69 Å². The van der Waals surface area contributed by atoms with Crippen LogP contribution in [-0.2, 0) is 20.5 Å². The van der Waals surface area contributed by atoms with Gasteiger partial charge in [0.15, 0.2) is 11.2 Å². The van der Waals surface area contributed by atoms with Crippen molar-refractivity contribution < 1.29 is 0 Å². The molecule has 0 saturated carbocycles. The molecule has 0 saturated heterocycles. The summed E-state index contributed by atoms with van der Waals surface area (Å²) in [6.07, 6.45) is 0.761. The predicted molar refractivity (Wildman–Crippen MR) is 80.9 cm³/mol. The topological polar surface area (TPSA) is 97.6 Å². The van der Waals surface area contributed by atoms with Crippen molar-refractivity contribution in [2.75, 3.05) is 11.9 Å². The second-order valence-corrected chi connectivity index (χ2v) is 5.37. The average Bonchev–Trinajstić information content (AvgIpc) is 3.12. The number of hydrogen-bond donors (Lipinski definition) is 2. The maximum atomic E-state index is 12.0. The van der Waals surface area contributed by atoms with E-state index in [0.29, 0.717) is 23.7 Å². The molecule has 0 spiro atoms. The molecule has 0 amide bonds. The Morgan fingerprint density at radius 2 is 2.14 bits per heavy atom. The standard InChI is InChI=1S/C12H14N6O2S/c1-17-9-8(10(19)18(2)12(17)20)15-11(16-9)13-4-3-7-5-21-6-14-7/h5-6H,3-4H2,1-2H3,(H2,13,15,16). The molecule has 3 aromatic heterocycles. The van der Waals surface area contributed by atoms with Gasteiger partial charge in [0.1, 0.15) is 0 Å². The quantitative estimate of drug-likeness (QED) is 0.711. The Labute approximate surface area is 123 Å². The summed E-state index contributed by atoms with van der Waals surface area (Å²) in [5.41, 5.74) is 2.68. The van der Waals surface area contributed by atoms with E-state index >= 15 is 0 Å². The zero-order chi connectivity index (χ0) is 15.0. The molecule has 110 valence electrons. The van der Waals surface area contributed by atoms with Gasteiger partial charge in [0, 0.05) is 32.4 Å². The first kappa shape index (κ1) is 13.6. The third-order valence-electron chi connectivity index (χ3n) is 3.25. The molecule has 0 aromatic carbocycles. The van der Waals surface area contributed by atoms with Crippen LogP contribution in [0.2, 0.25) is 0 Å². The fourth-order valence-corrected chi connectivity index (χ4v) is 2.67. The van der Waals surface area contributed by atoms with Crippen molar-refractivity contribution in [3.8, 4) is 0 Å². The van der Waals surface area contributed by atoms with E-state index in [1.807, 2.05) is 5.38 Å². The molecule has 0 aliphatic rings. The number of anilines is 1. The maximum Gasteiger partial charge on any atom is 0.332 e. The van der Waals surface area contributed by atoms with Gasteiger partial charge in [-0.25, -0.2) is 9.78 Å². The minimum absolute atomic E-state index is 0.316. The van der Waals surface area contributed by atoms with E-state index in [0.717, 1.165) is 16.7 Å². The summed E-state index contributed by atoms with van der Waals surface area (Å²) >= 11 is 1.55. The van der Waals surface area contributed by atoms with Crippen LogP contribution in [0.15, 0.2) is 20.5 Å². The average molecular weight is 306 g/mol. The van der Waals surface area contributed by atoms with Gasteiger partial charge >= 0.3 is 5.69 Å². The molecule has 3 aromatic rings. The van der Waals surface area contributed by atoms with Crippen molar-refractivity contribution in [3.63, 3.8) is 0 Å². The largest absolute Gasteiger partial charge is 0.355 e. The molecule has 0 atom stereocenters. The second kappa shape index (κ2) is 5.17. The summed E-state index contributed by atoms with van der Waals surface area (Å²) < 4.78 is 2.40. The van der Waals surface area contributed by atoms with Crippen LogP contribution in [-0.4, -0.2) is 30.6 Å². The lowest BCUT2D eigenvalue weighted by Gasteiger charge is -2.00. The Bertz CT molecular complexity index is 889. The number of fused-ring (bicyclic) bond motifs is 1. The highest BCUT2D eigenvalue weighted by atomic mass is 32.1. The van der Waals surface area contributed by atoms with Crippen LogP contribution in [0.5, 0.6) is 0 Å². The zero-order valence-corrected chi connectivity index (χ0v) is 12.4. The van der Waals surface area contributed by atoms with Crippen molar-refractivity contribution in [1.82, 2.24) is 24.1 Å². The van der Waals surface area contributed by atoms with Crippen LogP contribution in [0.4, 0.5) is 5.95 Å². The van der Waals surface area contributed by atoms with Gasteiger partial charge in [-0.1, -0.05) is 0 Å². The first-order chi connectivity index (χ1) is 10.1. The number of aryl methyl sites for hydroxylation is 1. The number of thiazole rings is 1. The van der Waals surface area contributed by atoms with E-state index in [1.54, 1.807) is 23.9 Å². The predicted octanol–water partition coefficient (Wildman–Crippen LogP) is 0.0714. The van der Waals surface area contributed by atoms with Crippen LogP contribution in [0, 0.1) is 0 Å². The van der Waals surface area contributed by atoms with Crippen LogP contribution >= 0.6 is 11.3 Å². The van der Waals surface area contributed by atoms with Crippen LogP contribution < -0.4 is 16.6 Å². The van der Waals surface area contributed by atoms with Gasteiger partial charge in [0.25, 0.3) is 5.56 Å².